The molecule has 5 heteroatoms. The van der Waals surface area contributed by atoms with Crippen LogP contribution in [-0.4, -0.2) is 27.2 Å². The topological polar surface area (TPSA) is 56.8 Å². The van der Waals surface area contributed by atoms with E-state index in [-0.39, 0.29) is 12.3 Å². The van der Waals surface area contributed by atoms with E-state index in [2.05, 4.69) is 12.2 Å². The molecule has 128 valence electrons. The van der Waals surface area contributed by atoms with Crippen molar-refractivity contribution < 1.29 is 19.0 Å². The van der Waals surface area contributed by atoms with Crippen LogP contribution in [0.25, 0.3) is 0 Å². The van der Waals surface area contributed by atoms with Crippen LogP contribution in [0.1, 0.15) is 18.1 Å². The standard InChI is InChI=1S/C19H23NO4/c1-5-13-7-6-8-15(9-13)20-18(21)12-14-10-16(22-2)19(24-4)17(11-14)23-3/h6-11H,5,12H2,1-4H3,(H,20,21). The quantitative estimate of drug-likeness (QED) is 0.845. The van der Waals surface area contributed by atoms with Crippen molar-refractivity contribution in [2.75, 3.05) is 26.6 Å². The Hall–Kier alpha value is -2.69. The van der Waals surface area contributed by atoms with Crippen LogP contribution in [0.2, 0.25) is 0 Å². The summed E-state index contributed by atoms with van der Waals surface area (Å²) in [5.74, 6) is 1.48. The van der Waals surface area contributed by atoms with Crippen molar-refractivity contribution in [3.05, 3.63) is 47.5 Å². The summed E-state index contributed by atoms with van der Waals surface area (Å²) in [6.45, 7) is 2.08. The molecule has 2 aromatic rings. The molecule has 1 N–H and O–H groups in total. The van der Waals surface area contributed by atoms with Crippen molar-refractivity contribution in [2.45, 2.75) is 19.8 Å². The maximum absolute atomic E-state index is 12.3. The molecule has 0 aliphatic heterocycles. The summed E-state index contributed by atoms with van der Waals surface area (Å²) >= 11 is 0. The molecular formula is C19H23NO4. The Morgan fingerprint density at radius 2 is 1.62 bits per heavy atom. The van der Waals surface area contributed by atoms with Crippen LogP contribution in [0, 0.1) is 0 Å². The van der Waals surface area contributed by atoms with Crippen LogP contribution in [-0.2, 0) is 17.6 Å². The van der Waals surface area contributed by atoms with E-state index in [1.165, 1.54) is 5.56 Å². The molecule has 5 nitrogen and oxygen atoms in total. The Balaban J connectivity index is 2.16. The third-order valence-electron chi connectivity index (χ3n) is 3.71. The van der Waals surface area contributed by atoms with E-state index >= 15 is 0 Å². The van der Waals surface area contributed by atoms with Crippen LogP contribution >= 0.6 is 0 Å². The van der Waals surface area contributed by atoms with Gasteiger partial charge >= 0.3 is 0 Å². The highest BCUT2D eigenvalue weighted by molar-refractivity contribution is 5.92. The van der Waals surface area contributed by atoms with Gasteiger partial charge in [-0.25, -0.2) is 0 Å². The van der Waals surface area contributed by atoms with E-state index in [0.717, 1.165) is 17.7 Å². The highest BCUT2D eigenvalue weighted by atomic mass is 16.5. The van der Waals surface area contributed by atoms with Gasteiger partial charge in [-0.15, -0.1) is 0 Å². The van der Waals surface area contributed by atoms with Gasteiger partial charge in [0.2, 0.25) is 11.7 Å². The van der Waals surface area contributed by atoms with Crippen molar-refractivity contribution in [1.29, 1.82) is 0 Å². The van der Waals surface area contributed by atoms with Crippen molar-refractivity contribution in [2.24, 2.45) is 0 Å². The molecule has 0 saturated carbocycles. The Morgan fingerprint density at radius 1 is 0.958 bits per heavy atom. The molecule has 1 amide bonds. The van der Waals surface area contributed by atoms with E-state index in [4.69, 9.17) is 14.2 Å². The zero-order valence-corrected chi connectivity index (χ0v) is 14.5. The summed E-state index contributed by atoms with van der Waals surface area (Å²) in [6.07, 6.45) is 1.14. The average Bonchev–Trinajstić information content (AvgIpc) is 2.60. The van der Waals surface area contributed by atoms with Gasteiger partial charge in [0.25, 0.3) is 0 Å². The number of hydrogen-bond donors (Lipinski definition) is 1. The van der Waals surface area contributed by atoms with Crippen molar-refractivity contribution in [1.82, 2.24) is 0 Å². The molecular weight excluding hydrogens is 306 g/mol. The maximum atomic E-state index is 12.3. The van der Waals surface area contributed by atoms with Gasteiger partial charge < -0.3 is 19.5 Å². The molecule has 0 aliphatic carbocycles. The number of hydrogen-bond acceptors (Lipinski definition) is 4. The lowest BCUT2D eigenvalue weighted by atomic mass is 10.1. The van der Waals surface area contributed by atoms with Crippen molar-refractivity contribution in [3.63, 3.8) is 0 Å². The first-order chi connectivity index (χ1) is 11.6. The molecule has 0 aliphatic rings. The Labute approximate surface area is 142 Å². The van der Waals surface area contributed by atoms with Crippen LogP contribution < -0.4 is 19.5 Å². The first kappa shape index (κ1) is 17.7. The smallest absolute Gasteiger partial charge is 0.228 e. The predicted octanol–water partition coefficient (Wildman–Crippen LogP) is 3.46. The number of aryl methyl sites for hydroxylation is 1. The molecule has 24 heavy (non-hydrogen) atoms. The second-order valence-corrected chi connectivity index (χ2v) is 5.31. The van der Waals surface area contributed by atoms with Crippen LogP contribution in [0.15, 0.2) is 36.4 Å². The van der Waals surface area contributed by atoms with Crippen molar-refractivity contribution in [3.8, 4) is 17.2 Å². The van der Waals surface area contributed by atoms with E-state index in [1.807, 2.05) is 24.3 Å². The predicted molar refractivity (Wildman–Crippen MR) is 94.3 cm³/mol. The molecule has 2 rings (SSSR count). The lowest BCUT2D eigenvalue weighted by molar-refractivity contribution is -0.115. The maximum Gasteiger partial charge on any atom is 0.228 e. The summed E-state index contributed by atoms with van der Waals surface area (Å²) in [5, 5.41) is 2.92. The summed E-state index contributed by atoms with van der Waals surface area (Å²) in [6, 6.07) is 11.4. The molecule has 0 aromatic heterocycles. The lowest BCUT2D eigenvalue weighted by Gasteiger charge is -2.14. The minimum absolute atomic E-state index is 0.0995. The number of ether oxygens (including phenoxy) is 3. The van der Waals surface area contributed by atoms with E-state index < -0.39 is 0 Å². The fourth-order valence-corrected chi connectivity index (χ4v) is 2.50. The molecule has 0 radical (unpaired) electrons. The zero-order valence-electron chi connectivity index (χ0n) is 14.5. The van der Waals surface area contributed by atoms with Gasteiger partial charge in [0.1, 0.15) is 0 Å². The van der Waals surface area contributed by atoms with Gasteiger partial charge in [0.05, 0.1) is 27.8 Å². The van der Waals surface area contributed by atoms with Crippen LogP contribution in [0.3, 0.4) is 0 Å². The SMILES string of the molecule is CCc1cccc(NC(=O)Cc2cc(OC)c(OC)c(OC)c2)c1. The number of nitrogens with one attached hydrogen (secondary N) is 1. The highest BCUT2D eigenvalue weighted by Gasteiger charge is 2.15. The summed E-state index contributed by atoms with van der Waals surface area (Å²) in [4.78, 5) is 12.3. The molecule has 0 heterocycles. The number of rotatable bonds is 7. The Bertz CT molecular complexity index is 687. The van der Waals surface area contributed by atoms with E-state index in [1.54, 1.807) is 33.5 Å². The Kier molecular flexibility index (Phi) is 6.07. The molecule has 0 saturated heterocycles. The third-order valence-corrected chi connectivity index (χ3v) is 3.71. The molecule has 0 bridgehead atoms. The molecule has 0 unspecified atom stereocenters. The van der Waals surface area contributed by atoms with Crippen LogP contribution in [0.4, 0.5) is 5.69 Å². The van der Waals surface area contributed by atoms with E-state index in [9.17, 15) is 4.79 Å². The fraction of sp³-hybridized carbons (Fsp3) is 0.316. The molecule has 2 aromatic carbocycles. The third kappa shape index (κ3) is 4.19. The fourth-order valence-electron chi connectivity index (χ4n) is 2.50. The zero-order chi connectivity index (χ0) is 17.5. The minimum Gasteiger partial charge on any atom is -0.493 e. The van der Waals surface area contributed by atoms with Gasteiger partial charge in [-0.1, -0.05) is 19.1 Å². The summed E-state index contributed by atoms with van der Waals surface area (Å²) < 4.78 is 15.9. The largest absolute Gasteiger partial charge is 0.493 e. The average molecular weight is 329 g/mol. The highest BCUT2D eigenvalue weighted by Crippen LogP contribution is 2.38. The summed E-state index contributed by atoms with van der Waals surface area (Å²) in [7, 11) is 4.66. The minimum atomic E-state index is -0.0995. The normalized spacial score (nSPS) is 10.2. The number of benzene rings is 2. The van der Waals surface area contributed by atoms with Gasteiger partial charge in [-0.2, -0.15) is 0 Å². The Morgan fingerprint density at radius 3 is 2.17 bits per heavy atom. The van der Waals surface area contributed by atoms with Gasteiger partial charge in [-0.3, -0.25) is 4.79 Å². The van der Waals surface area contributed by atoms with Gasteiger partial charge in [0.15, 0.2) is 11.5 Å². The van der Waals surface area contributed by atoms with E-state index in [0.29, 0.717) is 17.2 Å². The summed E-state index contributed by atoms with van der Waals surface area (Å²) in [5.41, 5.74) is 2.76. The van der Waals surface area contributed by atoms with Gasteiger partial charge in [-0.05, 0) is 41.8 Å². The van der Waals surface area contributed by atoms with Crippen molar-refractivity contribution >= 4 is 11.6 Å². The molecule has 0 spiro atoms. The molecule has 0 fully saturated rings. The number of amides is 1. The number of methoxy groups -OCH3 is 3. The first-order valence-corrected chi connectivity index (χ1v) is 7.79. The number of carbonyl (C=O) groups is 1. The second-order valence-electron chi connectivity index (χ2n) is 5.31. The first-order valence-electron chi connectivity index (χ1n) is 7.79. The second kappa shape index (κ2) is 8.24. The molecule has 0 atom stereocenters. The van der Waals surface area contributed by atoms with Gasteiger partial charge in [0, 0.05) is 5.69 Å². The lowest BCUT2D eigenvalue weighted by Crippen LogP contribution is -2.14. The number of carbonyl (C=O) groups excluding carboxylic acids is 1. The number of anilines is 1. The monoisotopic (exact) mass is 329 g/mol. The van der Waals surface area contributed by atoms with Crippen LogP contribution in [0.5, 0.6) is 17.2 Å².